The van der Waals surface area contributed by atoms with Gasteiger partial charge in [-0.25, -0.2) is 0 Å². The van der Waals surface area contributed by atoms with E-state index in [1.54, 1.807) is 0 Å². The van der Waals surface area contributed by atoms with Crippen molar-refractivity contribution in [2.75, 3.05) is 19.6 Å². The Bertz CT molecular complexity index is 413. The van der Waals surface area contributed by atoms with Crippen LogP contribution in [0.2, 0.25) is 0 Å². The van der Waals surface area contributed by atoms with E-state index < -0.39 is 12.7 Å². The van der Waals surface area contributed by atoms with Crippen LogP contribution in [0.3, 0.4) is 0 Å². The summed E-state index contributed by atoms with van der Waals surface area (Å²) in [7, 11) is 0. The molecule has 3 unspecified atom stereocenters. The number of nitrogens with one attached hydrogen (secondary N) is 2. The Balaban J connectivity index is 0.00000208. The number of nitrogens with zero attached hydrogens (tertiary/aromatic N) is 1. The second kappa shape index (κ2) is 8.23. The Hall–Kier alpha value is -0.530. The molecular weight excluding hydrogens is 343 g/mol. The van der Waals surface area contributed by atoms with Gasteiger partial charge < -0.3 is 10.6 Å². The highest BCUT2D eigenvalue weighted by Gasteiger charge is 2.39. The van der Waals surface area contributed by atoms with Crippen LogP contribution in [0.15, 0.2) is 0 Å². The first kappa shape index (κ1) is 19.8. The smallest absolute Gasteiger partial charge is 0.352 e. The fraction of sp³-hybridized carbons (Fsp3) is 0.938. The number of fused-ring (bicyclic) bond motifs is 1. The van der Waals surface area contributed by atoms with E-state index in [0.717, 1.165) is 12.8 Å². The first-order valence-electron chi connectivity index (χ1n) is 8.76. The predicted octanol–water partition coefficient (Wildman–Crippen LogP) is 2.47. The standard InChI is InChI=1S/C16H26F3N3O.ClH/c17-16(18,19)10-22-7-5-12(6-8-22)20-15(23)14-9-11-3-1-2-4-13(11)21-14;/h11-14,21H,1-10H2,(H,20,23);1H. The lowest BCUT2D eigenvalue weighted by atomic mass is 9.85. The average Bonchev–Trinajstić information content (AvgIpc) is 2.92. The fourth-order valence-electron chi connectivity index (χ4n) is 4.31. The first-order valence-corrected chi connectivity index (χ1v) is 8.76. The molecule has 24 heavy (non-hydrogen) atoms. The SMILES string of the molecule is Cl.O=C(NC1CCN(CC(F)(F)F)CC1)C1CC2CCCCC2N1. The van der Waals surface area contributed by atoms with Crippen LogP contribution in [-0.4, -0.2) is 54.7 Å². The van der Waals surface area contributed by atoms with Crippen molar-refractivity contribution in [1.82, 2.24) is 15.5 Å². The number of halogens is 4. The van der Waals surface area contributed by atoms with Crippen molar-refractivity contribution in [2.24, 2.45) is 5.92 Å². The zero-order valence-corrected chi connectivity index (χ0v) is 14.6. The molecule has 3 rings (SSSR count). The van der Waals surface area contributed by atoms with Gasteiger partial charge in [0, 0.05) is 25.2 Å². The maximum absolute atomic E-state index is 12.4. The summed E-state index contributed by atoms with van der Waals surface area (Å²) in [5.74, 6) is 0.654. The molecule has 0 aromatic rings. The zero-order valence-electron chi connectivity index (χ0n) is 13.8. The van der Waals surface area contributed by atoms with Gasteiger partial charge in [0.1, 0.15) is 0 Å². The van der Waals surface area contributed by atoms with Crippen LogP contribution in [0, 0.1) is 5.92 Å². The Morgan fingerprint density at radius 3 is 2.42 bits per heavy atom. The zero-order chi connectivity index (χ0) is 16.4. The molecule has 1 saturated carbocycles. The highest BCUT2D eigenvalue weighted by molar-refractivity contribution is 5.85. The lowest BCUT2D eigenvalue weighted by Crippen LogP contribution is -2.51. The molecule has 1 amide bonds. The van der Waals surface area contributed by atoms with Crippen LogP contribution < -0.4 is 10.6 Å². The van der Waals surface area contributed by atoms with Crippen LogP contribution in [0.4, 0.5) is 13.2 Å². The molecule has 8 heteroatoms. The summed E-state index contributed by atoms with van der Waals surface area (Å²) in [6, 6.07) is 0.376. The van der Waals surface area contributed by atoms with Crippen LogP contribution in [0.25, 0.3) is 0 Å². The Labute approximate surface area is 147 Å². The molecule has 2 heterocycles. The second-order valence-corrected chi connectivity index (χ2v) is 7.28. The highest BCUT2D eigenvalue weighted by Crippen LogP contribution is 2.33. The van der Waals surface area contributed by atoms with E-state index in [2.05, 4.69) is 10.6 Å². The van der Waals surface area contributed by atoms with Crippen molar-refractivity contribution in [3.63, 3.8) is 0 Å². The minimum Gasteiger partial charge on any atom is -0.352 e. The highest BCUT2D eigenvalue weighted by atomic mass is 35.5. The van der Waals surface area contributed by atoms with Gasteiger partial charge in [-0.05, 0) is 38.0 Å². The first-order chi connectivity index (χ1) is 10.9. The van der Waals surface area contributed by atoms with Gasteiger partial charge in [-0.2, -0.15) is 13.2 Å². The second-order valence-electron chi connectivity index (χ2n) is 7.28. The van der Waals surface area contributed by atoms with Crippen LogP contribution in [0.1, 0.15) is 44.9 Å². The molecule has 2 aliphatic heterocycles. The summed E-state index contributed by atoms with van der Waals surface area (Å²) in [5, 5.41) is 6.50. The van der Waals surface area contributed by atoms with Gasteiger partial charge in [0.25, 0.3) is 0 Å². The molecule has 2 saturated heterocycles. The minimum atomic E-state index is -4.14. The summed E-state index contributed by atoms with van der Waals surface area (Å²) in [4.78, 5) is 13.8. The van der Waals surface area contributed by atoms with Crippen molar-refractivity contribution in [3.05, 3.63) is 0 Å². The molecule has 140 valence electrons. The number of alkyl halides is 3. The van der Waals surface area contributed by atoms with Gasteiger partial charge in [-0.3, -0.25) is 9.69 Å². The molecule has 0 aromatic carbocycles. The van der Waals surface area contributed by atoms with Crippen LogP contribution in [-0.2, 0) is 4.79 Å². The van der Waals surface area contributed by atoms with E-state index in [1.807, 2.05) is 0 Å². The number of piperidine rings is 1. The maximum atomic E-state index is 12.4. The lowest BCUT2D eigenvalue weighted by molar-refractivity contribution is -0.148. The number of carbonyl (C=O) groups is 1. The molecule has 0 bridgehead atoms. The van der Waals surface area contributed by atoms with E-state index in [9.17, 15) is 18.0 Å². The number of carbonyl (C=O) groups excluding carboxylic acids is 1. The molecule has 0 radical (unpaired) electrons. The number of rotatable bonds is 3. The summed E-state index contributed by atoms with van der Waals surface area (Å²) in [6.07, 6.45) is 2.82. The number of likely N-dealkylation sites (tertiary alicyclic amines) is 1. The third kappa shape index (κ3) is 5.23. The molecule has 3 aliphatic rings. The molecule has 3 atom stereocenters. The monoisotopic (exact) mass is 369 g/mol. The largest absolute Gasteiger partial charge is 0.401 e. The average molecular weight is 370 g/mol. The predicted molar refractivity (Wildman–Crippen MR) is 88.2 cm³/mol. The fourth-order valence-corrected chi connectivity index (χ4v) is 4.31. The molecule has 2 N–H and O–H groups in total. The van der Waals surface area contributed by atoms with Crippen LogP contribution >= 0.6 is 12.4 Å². The van der Waals surface area contributed by atoms with Crippen molar-refractivity contribution < 1.29 is 18.0 Å². The van der Waals surface area contributed by atoms with Crippen molar-refractivity contribution >= 4 is 18.3 Å². The Kier molecular flexibility index (Phi) is 6.79. The van der Waals surface area contributed by atoms with Crippen molar-refractivity contribution in [2.45, 2.75) is 69.2 Å². The summed E-state index contributed by atoms with van der Waals surface area (Å²) < 4.78 is 37.1. The van der Waals surface area contributed by atoms with Gasteiger partial charge in [0.2, 0.25) is 5.91 Å². The number of hydrogen-bond donors (Lipinski definition) is 2. The third-order valence-corrected chi connectivity index (χ3v) is 5.52. The van der Waals surface area contributed by atoms with Gasteiger partial charge in [0.15, 0.2) is 0 Å². The van der Waals surface area contributed by atoms with E-state index in [4.69, 9.17) is 0 Å². The van der Waals surface area contributed by atoms with E-state index in [1.165, 1.54) is 24.2 Å². The maximum Gasteiger partial charge on any atom is 0.401 e. The van der Waals surface area contributed by atoms with Gasteiger partial charge in [-0.1, -0.05) is 12.8 Å². The summed E-state index contributed by atoms with van der Waals surface area (Å²) in [5.41, 5.74) is 0. The van der Waals surface area contributed by atoms with Crippen LogP contribution in [0.5, 0.6) is 0 Å². The molecule has 3 fully saturated rings. The van der Waals surface area contributed by atoms with E-state index in [0.29, 0.717) is 37.9 Å². The normalized spacial score (nSPS) is 32.0. The van der Waals surface area contributed by atoms with Crippen molar-refractivity contribution in [3.8, 4) is 0 Å². The topological polar surface area (TPSA) is 44.4 Å². The number of amides is 1. The molecular formula is C16H27ClF3N3O. The summed E-state index contributed by atoms with van der Waals surface area (Å²) in [6.45, 7) is -0.0528. The Morgan fingerprint density at radius 2 is 1.79 bits per heavy atom. The molecule has 0 aromatic heterocycles. The van der Waals surface area contributed by atoms with Gasteiger partial charge >= 0.3 is 6.18 Å². The lowest BCUT2D eigenvalue weighted by Gasteiger charge is -2.33. The number of hydrogen-bond acceptors (Lipinski definition) is 3. The minimum absolute atomic E-state index is 0. The molecule has 1 aliphatic carbocycles. The molecule has 4 nitrogen and oxygen atoms in total. The van der Waals surface area contributed by atoms with E-state index in [-0.39, 0.29) is 30.4 Å². The third-order valence-electron chi connectivity index (χ3n) is 5.52. The van der Waals surface area contributed by atoms with Gasteiger partial charge in [0.05, 0.1) is 12.6 Å². The van der Waals surface area contributed by atoms with Crippen molar-refractivity contribution in [1.29, 1.82) is 0 Å². The molecule has 0 spiro atoms. The van der Waals surface area contributed by atoms with E-state index >= 15 is 0 Å². The quantitative estimate of drug-likeness (QED) is 0.803. The van der Waals surface area contributed by atoms with Gasteiger partial charge in [-0.15, -0.1) is 12.4 Å². The Morgan fingerprint density at radius 1 is 1.12 bits per heavy atom. The summed E-state index contributed by atoms with van der Waals surface area (Å²) >= 11 is 0.